The largest absolute Gasteiger partial charge is 0.463 e. The van der Waals surface area contributed by atoms with Gasteiger partial charge in [0.25, 0.3) is 11.6 Å². The summed E-state index contributed by atoms with van der Waals surface area (Å²) in [6, 6.07) is 16.3. The smallest absolute Gasteiger partial charge is 0.281 e. The van der Waals surface area contributed by atoms with E-state index in [9.17, 15) is 14.9 Å². The summed E-state index contributed by atoms with van der Waals surface area (Å²) in [6.45, 7) is 0. The van der Waals surface area contributed by atoms with E-state index in [1.807, 2.05) is 24.3 Å². The summed E-state index contributed by atoms with van der Waals surface area (Å²) in [5.41, 5.74) is 0.683. The Kier molecular flexibility index (Phi) is 4.65. The number of hydrogen-bond acceptors (Lipinski definition) is 7. The minimum atomic E-state index is -0.551. The van der Waals surface area contributed by atoms with E-state index in [-0.39, 0.29) is 11.3 Å². The van der Waals surface area contributed by atoms with Gasteiger partial charge in [-0.2, -0.15) is 10.1 Å². The molecule has 138 valence electrons. The average molecular weight is 392 g/mol. The van der Waals surface area contributed by atoms with Crippen LogP contribution in [0.2, 0.25) is 0 Å². The quantitative estimate of drug-likeness (QED) is 0.283. The maximum atomic E-state index is 13.1. The van der Waals surface area contributed by atoms with Gasteiger partial charge in [-0.1, -0.05) is 29.5 Å². The molecule has 2 heterocycles. The number of amides is 1. The number of rotatable bonds is 5. The molecule has 0 fully saturated rings. The van der Waals surface area contributed by atoms with E-state index >= 15 is 0 Å². The summed E-state index contributed by atoms with van der Waals surface area (Å²) < 4.78 is 6.11. The number of fused-ring (bicyclic) bond motifs is 1. The van der Waals surface area contributed by atoms with Crippen molar-refractivity contribution in [3.63, 3.8) is 0 Å². The number of non-ortho nitro benzene ring substituents is 1. The number of nitro groups is 1. The Morgan fingerprint density at radius 1 is 1.18 bits per heavy atom. The highest BCUT2D eigenvalue weighted by molar-refractivity contribution is 7.22. The molecule has 0 saturated heterocycles. The number of carbonyl (C=O) groups excluding carboxylic acids is 1. The molecule has 9 heteroatoms. The molecule has 8 nitrogen and oxygen atoms in total. The SMILES string of the molecule is O=C(c1cccc([N+](=O)[O-])c1)N(/N=C\c1ccco1)c1nc2ccccc2s1. The molecule has 0 N–H and O–H groups in total. The fourth-order valence-electron chi connectivity index (χ4n) is 2.49. The standard InChI is InChI=1S/C19H12N4O4S/c24-18(13-5-3-6-14(11-13)23(25)26)22(20-12-15-7-4-10-27-15)19-21-16-8-1-2-9-17(16)28-19/h1-12H/b20-12-. The first-order valence-corrected chi connectivity index (χ1v) is 8.95. The van der Waals surface area contributed by atoms with Crippen LogP contribution in [0.15, 0.2) is 76.4 Å². The monoisotopic (exact) mass is 392 g/mol. The van der Waals surface area contributed by atoms with Gasteiger partial charge in [0.05, 0.1) is 27.6 Å². The summed E-state index contributed by atoms with van der Waals surface area (Å²) >= 11 is 1.29. The minimum Gasteiger partial charge on any atom is -0.463 e. The van der Waals surface area contributed by atoms with Crippen molar-refractivity contribution in [3.05, 3.63) is 88.4 Å². The molecule has 0 radical (unpaired) electrons. The highest BCUT2D eigenvalue weighted by Crippen LogP contribution is 2.30. The zero-order chi connectivity index (χ0) is 19.5. The average Bonchev–Trinajstić information content (AvgIpc) is 3.37. The van der Waals surface area contributed by atoms with Gasteiger partial charge in [-0.3, -0.25) is 14.9 Å². The van der Waals surface area contributed by atoms with Crippen LogP contribution in [-0.2, 0) is 0 Å². The Hall–Kier alpha value is -3.85. The van der Waals surface area contributed by atoms with Crippen molar-refractivity contribution in [2.24, 2.45) is 5.10 Å². The lowest BCUT2D eigenvalue weighted by molar-refractivity contribution is -0.384. The lowest BCUT2D eigenvalue weighted by atomic mass is 10.2. The lowest BCUT2D eigenvalue weighted by Crippen LogP contribution is -2.25. The third-order valence-electron chi connectivity index (χ3n) is 3.80. The molecule has 2 aromatic carbocycles. The molecule has 0 spiro atoms. The number of hydrogen-bond donors (Lipinski definition) is 0. The number of nitro benzene ring substituents is 1. The number of nitrogens with zero attached hydrogens (tertiary/aromatic N) is 4. The molecule has 0 aliphatic heterocycles. The van der Waals surface area contributed by atoms with Crippen molar-refractivity contribution < 1.29 is 14.1 Å². The van der Waals surface area contributed by atoms with Gasteiger partial charge in [0.1, 0.15) is 5.76 Å². The molecule has 4 aromatic rings. The van der Waals surface area contributed by atoms with Crippen LogP contribution in [0.1, 0.15) is 16.1 Å². The van der Waals surface area contributed by atoms with Crippen LogP contribution < -0.4 is 5.01 Å². The minimum absolute atomic E-state index is 0.130. The third-order valence-corrected chi connectivity index (χ3v) is 4.82. The van der Waals surface area contributed by atoms with E-state index in [0.29, 0.717) is 10.9 Å². The fraction of sp³-hybridized carbons (Fsp3) is 0. The number of aromatic nitrogens is 1. The maximum absolute atomic E-state index is 13.1. The first-order chi connectivity index (χ1) is 13.6. The van der Waals surface area contributed by atoms with E-state index < -0.39 is 10.8 Å². The molecular weight excluding hydrogens is 380 g/mol. The van der Waals surface area contributed by atoms with Crippen LogP contribution in [0.5, 0.6) is 0 Å². The zero-order valence-electron chi connectivity index (χ0n) is 14.3. The molecule has 0 unspecified atom stereocenters. The zero-order valence-corrected chi connectivity index (χ0v) is 15.1. The number of thiazole rings is 1. The van der Waals surface area contributed by atoms with Crippen molar-refractivity contribution in [2.75, 3.05) is 5.01 Å². The third kappa shape index (κ3) is 3.51. The molecular formula is C19H12N4O4S. The van der Waals surface area contributed by atoms with Crippen molar-refractivity contribution in [1.29, 1.82) is 0 Å². The second kappa shape index (κ2) is 7.41. The predicted octanol–water partition coefficient (Wildman–Crippen LogP) is 4.48. The number of benzene rings is 2. The van der Waals surface area contributed by atoms with Gasteiger partial charge < -0.3 is 4.42 Å². The number of para-hydroxylation sites is 1. The van der Waals surface area contributed by atoms with Gasteiger partial charge in [0, 0.05) is 17.7 Å². The molecule has 0 bridgehead atoms. The van der Waals surface area contributed by atoms with Gasteiger partial charge in [0.15, 0.2) is 0 Å². The summed E-state index contributed by atoms with van der Waals surface area (Å²) in [5, 5.41) is 16.7. The Labute approximate surface area is 162 Å². The molecule has 28 heavy (non-hydrogen) atoms. The first kappa shape index (κ1) is 17.6. The van der Waals surface area contributed by atoms with Gasteiger partial charge >= 0.3 is 0 Å². The highest BCUT2D eigenvalue weighted by Gasteiger charge is 2.22. The van der Waals surface area contributed by atoms with Crippen molar-refractivity contribution in [2.45, 2.75) is 0 Å². The van der Waals surface area contributed by atoms with Crippen molar-refractivity contribution in [3.8, 4) is 0 Å². The van der Waals surface area contributed by atoms with E-state index in [1.165, 1.54) is 48.1 Å². The van der Waals surface area contributed by atoms with Crippen LogP contribution in [0.4, 0.5) is 10.8 Å². The Morgan fingerprint density at radius 3 is 2.79 bits per heavy atom. The Morgan fingerprint density at radius 2 is 2.04 bits per heavy atom. The molecule has 0 aliphatic rings. The van der Waals surface area contributed by atoms with Crippen LogP contribution in [0.3, 0.4) is 0 Å². The Bertz CT molecular complexity index is 1150. The summed E-state index contributed by atoms with van der Waals surface area (Å²) in [4.78, 5) is 28.0. The maximum Gasteiger partial charge on any atom is 0.281 e. The lowest BCUT2D eigenvalue weighted by Gasteiger charge is -2.13. The fourth-order valence-corrected chi connectivity index (χ4v) is 3.42. The van der Waals surface area contributed by atoms with E-state index in [0.717, 1.165) is 15.2 Å². The number of anilines is 1. The second-order valence-electron chi connectivity index (χ2n) is 5.65. The normalized spacial score (nSPS) is 11.1. The first-order valence-electron chi connectivity index (χ1n) is 8.14. The number of carbonyl (C=O) groups is 1. The summed E-state index contributed by atoms with van der Waals surface area (Å²) in [7, 11) is 0. The number of furan rings is 1. The Balaban J connectivity index is 1.76. The van der Waals surface area contributed by atoms with E-state index in [4.69, 9.17) is 4.42 Å². The van der Waals surface area contributed by atoms with Crippen LogP contribution in [0.25, 0.3) is 10.2 Å². The van der Waals surface area contributed by atoms with Crippen LogP contribution in [-0.4, -0.2) is 22.0 Å². The number of hydrazone groups is 1. The summed E-state index contributed by atoms with van der Waals surface area (Å²) in [5.74, 6) is -0.0801. The van der Waals surface area contributed by atoms with Crippen molar-refractivity contribution in [1.82, 2.24) is 4.98 Å². The van der Waals surface area contributed by atoms with E-state index in [2.05, 4.69) is 10.1 Å². The van der Waals surface area contributed by atoms with Gasteiger partial charge in [0.2, 0.25) is 5.13 Å². The highest BCUT2D eigenvalue weighted by atomic mass is 32.1. The van der Waals surface area contributed by atoms with Crippen LogP contribution >= 0.6 is 11.3 Å². The molecule has 1 amide bonds. The molecule has 0 atom stereocenters. The van der Waals surface area contributed by atoms with E-state index in [1.54, 1.807) is 12.1 Å². The molecule has 4 rings (SSSR count). The topological polar surface area (TPSA) is 102 Å². The summed E-state index contributed by atoms with van der Waals surface area (Å²) in [6.07, 6.45) is 2.88. The van der Waals surface area contributed by atoms with Crippen molar-refractivity contribution >= 4 is 44.5 Å². The molecule has 0 saturated carbocycles. The molecule has 2 aromatic heterocycles. The predicted molar refractivity (Wildman–Crippen MR) is 106 cm³/mol. The second-order valence-corrected chi connectivity index (χ2v) is 6.66. The molecule has 0 aliphatic carbocycles. The van der Waals surface area contributed by atoms with Crippen LogP contribution in [0, 0.1) is 10.1 Å². The van der Waals surface area contributed by atoms with Gasteiger partial charge in [-0.25, -0.2) is 4.98 Å². The van der Waals surface area contributed by atoms with Gasteiger partial charge in [-0.05, 0) is 30.3 Å². The van der Waals surface area contributed by atoms with Gasteiger partial charge in [-0.15, -0.1) is 0 Å².